The predicted octanol–water partition coefficient (Wildman–Crippen LogP) is 6.86. The van der Waals surface area contributed by atoms with Gasteiger partial charge in [-0.1, -0.05) is 67.1 Å². The zero-order valence-corrected chi connectivity index (χ0v) is 30.8. The number of thioether (sulfide) groups is 1. The van der Waals surface area contributed by atoms with E-state index in [1.54, 1.807) is 35.6 Å². The molecular formula is C38H43N7O4S2. The molecule has 0 aliphatic heterocycles. The average Bonchev–Trinajstić information content (AvgIpc) is 3.63. The fourth-order valence-corrected chi connectivity index (χ4v) is 6.80. The molecule has 0 bridgehead atoms. The van der Waals surface area contributed by atoms with Crippen LogP contribution in [0.3, 0.4) is 0 Å². The van der Waals surface area contributed by atoms with Gasteiger partial charge in [0.1, 0.15) is 59.1 Å². The van der Waals surface area contributed by atoms with E-state index in [0.29, 0.717) is 57.6 Å². The van der Waals surface area contributed by atoms with Crippen LogP contribution in [0.1, 0.15) is 61.4 Å². The van der Waals surface area contributed by atoms with Gasteiger partial charge in [-0.05, 0) is 57.5 Å². The molecule has 13 heteroatoms. The van der Waals surface area contributed by atoms with Gasteiger partial charge in [-0.3, -0.25) is 9.59 Å². The van der Waals surface area contributed by atoms with Crippen molar-refractivity contribution >= 4 is 40.8 Å². The first-order valence-corrected chi connectivity index (χ1v) is 18.8. The molecule has 51 heavy (non-hydrogen) atoms. The molecule has 266 valence electrons. The van der Waals surface area contributed by atoms with Crippen LogP contribution < -0.4 is 20.7 Å². The van der Waals surface area contributed by atoms with Crippen LogP contribution in [0.4, 0.5) is 5.82 Å². The van der Waals surface area contributed by atoms with Gasteiger partial charge >= 0.3 is 5.97 Å². The van der Waals surface area contributed by atoms with Crippen molar-refractivity contribution in [2.24, 2.45) is 0 Å². The Bertz CT molecular complexity index is 1830. The number of ether oxygens (including phenoxy) is 2. The van der Waals surface area contributed by atoms with Crippen molar-refractivity contribution in [3.05, 3.63) is 76.3 Å². The van der Waals surface area contributed by atoms with Gasteiger partial charge in [-0.25, -0.2) is 9.97 Å². The van der Waals surface area contributed by atoms with Crippen LogP contribution in [-0.4, -0.2) is 61.7 Å². The number of anilines is 1. The van der Waals surface area contributed by atoms with Crippen LogP contribution in [0.25, 0.3) is 21.7 Å². The Morgan fingerprint density at radius 2 is 1.67 bits per heavy atom. The maximum absolute atomic E-state index is 12.0. The van der Waals surface area contributed by atoms with E-state index < -0.39 is 5.97 Å². The normalized spacial score (nSPS) is 10.6. The number of unbranched alkanes of at least 4 members (excludes halogenated alkanes) is 2. The molecule has 0 atom stereocenters. The molecule has 0 unspecified atom stereocenters. The molecule has 2 heterocycles. The lowest BCUT2D eigenvalue weighted by Crippen LogP contribution is -2.31. The predicted molar refractivity (Wildman–Crippen MR) is 202 cm³/mol. The summed E-state index contributed by atoms with van der Waals surface area (Å²) in [6.07, 6.45) is 3.92. The number of aromatic nitrogens is 2. The third-order valence-corrected chi connectivity index (χ3v) is 9.60. The number of nitrogens with zero attached hydrogens (tertiary/aromatic N) is 4. The summed E-state index contributed by atoms with van der Waals surface area (Å²) in [4.78, 5) is 33.5. The van der Waals surface area contributed by atoms with Gasteiger partial charge in [0.05, 0.1) is 11.3 Å². The van der Waals surface area contributed by atoms with Gasteiger partial charge < -0.3 is 25.4 Å². The first kappa shape index (κ1) is 38.8. The van der Waals surface area contributed by atoms with E-state index in [-0.39, 0.29) is 25.7 Å². The molecule has 0 aliphatic rings. The van der Waals surface area contributed by atoms with Gasteiger partial charge in [-0.15, -0.1) is 11.3 Å². The first-order valence-electron chi connectivity index (χ1n) is 16.9. The number of hydrogen-bond acceptors (Lipinski definition) is 12. The fraction of sp³-hybridized carbons (Fsp3) is 0.368. The van der Waals surface area contributed by atoms with Crippen molar-refractivity contribution in [2.45, 2.75) is 56.7 Å². The average molecular weight is 726 g/mol. The molecule has 0 radical (unpaired) electrons. The van der Waals surface area contributed by atoms with Crippen molar-refractivity contribution in [1.82, 2.24) is 20.6 Å². The minimum absolute atomic E-state index is 0.0144. The van der Waals surface area contributed by atoms with Crippen molar-refractivity contribution in [1.29, 1.82) is 10.5 Å². The third-order valence-electron chi connectivity index (χ3n) is 7.66. The van der Waals surface area contributed by atoms with Crippen LogP contribution in [0.5, 0.6) is 5.75 Å². The van der Waals surface area contributed by atoms with E-state index in [1.807, 2.05) is 19.4 Å². The highest BCUT2D eigenvalue weighted by molar-refractivity contribution is 7.98. The topological polar surface area (TPSA) is 162 Å². The molecule has 0 fully saturated rings. The Morgan fingerprint density at radius 1 is 0.922 bits per heavy atom. The van der Waals surface area contributed by atoms with E-state index in [2.05, 4.69) is 59.3 Å². The number of carbonyl (C=O) groups is 2. The third kappa shape index (κ3) is 11.8. The van der Waals surface area contributed by atoms with E-state index in [0.717, 1.165) is 48.5 Å². The largest absolute Gasteiger partial charge is 0.490 e. The smallest absolute Gasteiger partial charge is 0.325 e. The molecule has 1 amide bonds. The van der Waals surface area contributed by atoms with Crippen LogP contribution in [0.2, 0.25) is 0 Å². The molecule has 2 aromatic heterocycles. The Balaban J connectivity index is 1.39. The Labute approximate surface area is 307 Å². The number of thiazole rings is 1. The van der Waals surface area contributed by atoms with Gasteiger partial charge in [0.15, 0.2) is 0 Å². The van der Waals surface area contributed by atoms with Crippen molar-refractivity contribution in [3.63, 3.8) is 0 Å². The molecule has 0 saturated heterocycles. The molecule has 2 aromatic carbocycles. The number of esters is 1. The summed E-state index contributed by atoms with van der Waals surface area (Å²) >= 11 is 2.98. The van der Waals surface area contributed by atoms with Gasteiger partial charge in [-0.2, -0.15) is 10.5 Å². The SMILES string of the molecule is CCCNc1nc(SCc2csc(-c3ccc(C)cc3)n2)c(C#N)c(-c2ccc(OCCOC(=O)CNC(=O)CCCCCNC)cc2)c1C#N. The van der Waals surface area contributed by atoms with Crippen LogP contribution >= 0.6 is 23.1 Å². The van der Waals surface area contributed by atoms with Gasteiger partial charge in [0.2, 0.25) is 5.91 Å². The number of nitrogens with one attached hydrogen (secondary N) is 3. The number of hydrogen-bond donors (Lipinski definition) is 3. The highest BCUT2D eigenvalue weighted by Gasteiger charge is 2.22. The lowest BCUT2D eigenvalue weighted by molar-refractivity contribution is -0.144. The maximum Gasteiger partial charge on any atom is 0.325 e. The van der Waals surface area contributed by atoms with Crippen molar-refractivity contribution in [2.75, 3.05) is 45.2 Å². The number of rotatable bonds is 20. The quantitative estimate of drug-likeness (QED) is 0.0496. The second-order valence-corrected chi connectivity index (χ2v) is 13.4. The summed E-state index contributed by atoms with van der Waals surface area (Å²) in [7, 11) is 1.89. The summed E-state index contributed by atoms with van der Waals surface area (Å²) < 4.78 is 11.0. The van der Waals surface area contributed by atoms with E-state index in [1.165, 1.54) is 17.3 Å². The lowest BCUT2D eigenvalue weighted by atomic mass is 9.96. The molecule has 0 saturated carbocycles. The monoisotopic (exact) mass is 725 g/mol. The number of aryl methyl sites for hydroxylation is 1. The lowest BCUT2D eigenvalue weighted by Gasteiger charge is -2.16. The molecule has 3 N–H and O–H groups in total. The molecule has 4 aromatic rings. The summed E-state index contributed by atoms with van der Waals surface area (Å²) in [6.45, 7) is 5.55. The first-order chi connectivity index (χ1) is 24.9. The highest BCUT2D eigenvalue weighted by Crippen LogP contribution is 2.38. The summed E-state index contributed by atoms with van der Waals surface area (Å²) in [6, 6.07) is 19.9. The Morgan fingerprint density at radius 3 is 2.37 bits per heavy atom. The summed E-state index contributed by atoms with van der Waals surface area (Å²) in [5, 5.41) is 33.0. The number of nitriles is 2. The summed E-state index contributed by atoms with van der Waals surface area (Å²) in [5.41, 5.74) is 4.89. The number of amides is 1. The van der Waals surface area contributed by atoms with Crippen LogP contribution in [0.15, 0.2) is 58.9 Å². The van der Waals surface area contributed by atoms with Gasteiger partial charge in [0.25, 0.3) is 0 Å². The minimum Gasteiger partial charge on any atom is -0.490 e. The standard InChI is InChI=1S/C38H43N7O4S2/c1-4-17-42-36-31(21-39)35(32(22-40)38(45-36)51-25-29-24-50-37(44-29)28-11-9-26(2)10-12-28)27-13-15-30(16-14-27)48-19-20-49-34(47)23-43-33(46)8-6-5-7-18-41-3/h9-16,24,41H,4-8,17-20,23,25H2,1-3H3,(H,42,45)(H,43,46). The molecule has 4 rings (SSSR count). The fourth-order valence-electron chi connectivity index (χ4n) is 4.99. The Hall–Kier alpha value is -4.95. The number of benzene rings is 2. The van der Waals surface area contributed by atoms with Crippen LogP contribution in [-0.2, 0) is 20.1 Å². The molecule has 0 spiro atoms. The van der Waals surface area contributed by atoms with E-state index >= 15 is 0 Å². The second-order valence-electron chi connectivity index (χ2n) is 11.6. The van der Waals surface area contributed by atoms with E-state index in [4.69, 9.17) is 19.4 Å². The van der Waals surface area contributed by atoms with Crippen molar-refractivity contribution in [3.8, 4) is 39.6 Å². The van der Waals surface area contributed by atoms with Gasteiger partial charge in [0, 0.05) is 35.2 Å². The highest BCUT2D eigenvalue weighted by atomic mass is 32.2. The minimum atomic E-state index is -0.536. The maximum atomic E-state index is 12.0. The second kappa shape index (κ2) is 20.7. The van der Waals surface area contributed by atoms with Crippen LogP contribution in [0, 0.1) is 29.6 Å². The molecule has 0 aliphatic carbocycles. The Kier molecular flexibility index (Phi) is 15.7. The zero-order valence-electron chi connectivity index (χ0n) is 29.2. The zero-order chi connectivity index (χ0) is 36.4. The number of pyridine rings is 1. The summed E-state index contributed by atoms with van der Waals surface area (Å²) in [5.74, 6) is 0.748. The number of carbonyl (C=O) groups excluding carboxylic acids is 2. The molecular weight excluding hydrogens is 683 g/mol. The van der Waals surface area contributed by atoms with E-state index in [9.17, 15) is 20.1 Å². The van der Waals surface area contributed by atoms with Crippen molar-refractivity contribution < 1.29 is 19.1 Å². The molecule has 11 nitrogen and oxygen atoms in total.